The van der Waals surface area contributed by atoms with Gasteiger partial charge < -0.3 is 0 Å². The molecule has 2 rings (SSSR count). The van der Waals surface area contributed by atoms with Crippen LogP contribution in [-0.2, 0) is 0 Å². The highest BCUT2D eigenvalue weighted by atomic mass is 35.5. The van der Waals surface area contributed by atoms with Gasteiger partial charge in [-0.15, -0.1) is 11.6 Å². The van der Waals surface area contributed by atoms with Crippen LogP contribution in [0, 0.1) is 17.3 Å². The Kier molecular flexibility index (Phi) is 2.49. The Hall–Kier alpha value is 0.0800. The third-order valence-electron chi connectivity index (χ3n) is 3.99. The van der Waals surface area contributed by atoms with Crippen LogP contribution in [0.5, 0.6) is 0 Å². The van der Waals surface area contributed by atoms with Crippen LogP contribution in [0.25, 0.3) is 0 Å². The molecule has 0 N–H and O–H groups in total. The van der Waals surface area contributed by atoms with E-state index in [-0.39, 0.29) is 5.41 Å². The Labute approximate surface area is 86.8 Å². The number of hydrogen-bond donors (Lipinski definition) is 0. The van der Waals surface area contributed by atoms with Crippen molar-refractivity contribution in [3.8, 4) is 0 Å². The molecule has 1 unspecified atom stereocenters. The van der Waals surface area contributed by atoms with Crippen molar-refractivity contribution >= 4 is 11.6 Å². The molecule has 1 atom stereocenters. The summed E-state index contributed by atoms with van der Waals surface area (Å²) in [7, 11) is 0. The van der Waals surface area contributed by atoms with Crippen molar-refractivity contribution in [3.05, 3.63) is 0 Å². The van der Waals surface area contributed by atoms with Crippen molar-refractivity contribution in [3.63, 3.8) is 0 Å². The van der Waals surface area contributed by atoms with Crippen LogP contribution in [0.15, 0.2) is 0 Å². The summed E-state index contributed by atoms with van der Waals surface area (Å²) >= 11 is 5.73. The molecule has 0 radical (unpaired) electrons. The highest BCUT2D eigenvalue weighted by molar-refractivity contribution is 6.18. The minimum Gasteiger partial charge on any atom is -0.171 e. The summed E-state index contributed by atoms with van der Waals surface area (Å²) in [6.07, 6.45) is -0.828. The van der Waals surface area contributed by atoms with E-state index < -0.39 is 12.1 Å². The van der Waals surface area contributed by atoms with Crippen molar-refractivity contribution in [2.75, 3.05) is 5.88 Å². The van der Waals surface area contributed by atoms with Gasteiger partial charge in [0.1, 0.15) is 0 Å². The van der Waals surface area contributed by atoms with Gasteiger partial charge in [-0.2, -0.15) is 13.2 Å². The molecule has 0 nitrogen and oxygen atoms in total. The molecule has 2 fully saturated rings. The van der Waals surface area contributed by atoms with Gasteiger partial charge in [0.2, 0.25) is 0 Å². The first-order valence-corrected chi connectivity index (χ1v) is 5.64. The normalized spacial score (nSPS) is 42.9. The Bertz CT molecular complexity index is 216. The first-order valence-electron chi connectivity index (χ1n) is 5.11. The molecule has 0 aromatic heterocycles. The Morgan fingerprint density at radius 3 is 2.14 bits per heavy atom. The fourth-order valence-electron chi connectivity index (χ4n) is 2.78. The molecule has 14 heavy (non-hydrogen) atoms. The van der Waals surface area contributed by atoms with Crippen molar-refractivity contribution in [2.45, 2.75) is 38.3 Å². The van der Waals surface area contributed by atoms with Gasteiger partial charge in [0.05, 0.1) is 5.92 Å². The molecular formula is C10H14ClF3. The summed E-state index contributed by atoms with van der Waals surface area (Å²) in [6, 6.07) is 0. The SMILES string of the molecule is FC(F)(F)C1CCC2(CC1)CC2CCl. The lowest BCUT2D eigenvalue weighted by Gasteiger charge is -2.30. The molecule has 2 aliphatic carbocycles. The first kappa shape index (κ1) is 10.6. The van der Waals surface area contributed by atoms with Gasteiger partial charge in [0.25, 0.3) is 0 Å². The number of rotatable bonds is 1. The van der Waals surface area contributed by atoms with Gasteiger partial charge in [0.15, 0.2) is 0 Å². The van der Waals surface area contributed by atoms with E-state index in [4.69, 9.17) is 11.6 Å². The molecule has 0 saturated heterocycles. The molecule has 4 heteroatoms. The van der Waals surface area contributed by atoms with E-state index in [9.17, 15) is 13.2 Å². The fraction of sp³-hybridized carbons (Fsp3) is 1.00. The van der Waals surface area contributed by atoms with Crippen LogP contribution < -0.4 is 0 Å². The minimum atomic E-state index is -3.98. The average molecular weight is 227 g/mol. The lowest BCUT2D eigenvalue weighted by molar-refractivity contribution is -0.184. The van der Waals surface area contributed by atoms with Crippen LogP contribution >= 0.6 is 11.6 Å². The van der Waals surface area contributed by atoms with Crippen LogP contribution in [-0.4, -0.2) is 12.1 Å². The number of hydrogen-bond acceptors (Lipinski definition) is 0. The standard InChI is InChI=1S/C10H14ClF3/c11-6-8-5-9(8)3-1-7(2-4-9)10(12,13)14/h7-8H,1-6H2. The van der Waals surface area contributed by atoms with E-state index in [2.05, 4.69) is 0 Å². The summed E-state index contributed by atoms with van der Waals surface area (Å²) in [5.41, 5.74) is 0.212. The van der Waals surface area contributed by atoms with Crippen LogP contribution in [0.1, 0.15) is 32.1 Å². The third kappa shape index (κ3) is 1.75. The molecule has 0 heterocycles. The highest BCUT2D eigenvalue weighted by Gasteiger charge is 2.56. The quantitative estimate of drug-likeness (QED) is 0.594. The predicted molar refractivity (Wildman–Crippen MR) is 49.3 cm³/mol. The third-order valence-corrected chi connectivity index (χ3v) is 4.36. The monoisotopic (exact) mass is 226 g/mol. The van der Waals surface area contributed by atoms with Crippen LogP contribution in [0.3, 0.4) is 0 Å². The van der Waals surface area contributed by atoms with Crippen molar-refractivity contribution < 1.29 is 13.2 Å². The lowest BCUT2D eigenvalue weighted by Crippen LogP contribution is -2.29. The van der Waals surface area contributed by atoms with E-state index in [1.54, 1.807) is 0 Å². The van der Waals surface area contributed by atoms with Gasteiger partial charge >= 0.3 is 6.18 Å². The maximum atomic E-state index is 12.4. The van der Waals surface area contributed by atoms with Gasteiger partial charge in [-0.3, -0.25) is 0 Å². The highest BCUT2D eigenvalue weighted by Crippen LogP contribution is 2.63. The molecular weight excluding hydrogens is 213 g/mol. The van der Waals surface area contributed by atoms with Gasteiger partial charge in [-0.1, -0.05) is 0 Å². The number of halogens is 4. The smallest absolute Gasteiger partial charge is 0.171 e. The van der Waals surface area contributed by atoms with Crippen molar-refractivity contribution in [1.82, 2.24) is 0 Å². The van der Waals surface area contributed by atoms with E-state index in [1.807, 2.05) is 0 Å². The van der Waals surface area contributed by atoms with Gasteiger partial charge in [-0.25, -0.2) is 0 Å². The van der Waals surface area contributed by atoms with E-state index in [0.29, 0.717) is 24.6 Å². The van der Waals surface area contributed by atoms with Crippen LogP contribution in [0.4, 0.5) is 13.2 Å². The second-order valence-corrected chi connectivity index (χ2v) is 5.04. The molecule has 0 bridgehead atoms. The molecule has 0 aliphatic heterocycles. The molecule has 2 saturated carbocycles. The topological polar surface area (TPSA) is 0 Å². The molecule has 2 aliphatic rings. The van der Waals surface area contributed by atoms with E-state index in [1.165, 1.54) is 0 Å². The minimum absolute atomic E-state index is 0.212. The summed E-state index contributed by atoms with van der Waals surface area (Å²) < 4.78 is 37.1. The first-order chi connectivity index (χ1) is 6.48. The van der Waals surface area contributed by atoms with E-state index in [0.717, 1.165) is 19.3 Å². The summed E-state index contributed by atoms with van der Waals surface area (Å²) in [6.45, 7) is 0. The summed E-state index contributed by atoms with van der Waals surface area (Å²) in [5, 5.41) is 0. The second-order valence-electron chi connectivity index (χ2n) is 4.73. The Morgan fingerprint density at radius 2 is 1.79 bits per heavy atom. The largest absolute Gasteiger partial charge is 0.391 e. The maximum Gasteiger partial charge on any atom is 0.391 e. The zero-order valence-electron chi connectivity index (χ0n) is 7.91. The molecule has 82 valence electrons. The average Bonchev–Trinajstić information content (AvgIpc) is 2.78. The zero-order valence-corrected chi connectivity index (χ0v) is 8.67. The molecule has 0 amide bonds. The Balaban J connectivity index is 1.88. The zero-order chi connectivity index (χ0) is 10.4. The summed E-state index contributed by atoms with van der Waals surface area (Å²) in [4.78, 5) is 0. The molecule has 0 aromatic carbocycles. The Morgan fingerprint density at radius 1 is 1.21 bits per heavy atom. The number of alkyl halides is 4. The maximum absolute atomic E-state index is 12.4. The fourth-order valence-corrected chi connectivity index (χ4v) is 3.22. The van der Waals surface area contributed by atoms with Gasteiger partial charge in [-0.05, 0) is 43.4 Å². The molecule has 1 spiro atoms. The van der Waals surface area contributed by atoms with Crippen molar-refractivity contribution in [2.24, 2.45) is 17.3 Å². The summed E-state index contributed by atoms with van der Waals surface area (Å²) in [5.74, 6) is 0.0690. The van der Waals surface area contributed by atoms with E-state index >= 15 is 0 Å². The lowest BCUT2D eigenvalue weighted by atomic mass is 9.78. The van der Waals surface area contributed by atoms with Crippen molar-refractivity contribution in [1.29, 1.82) is 0 Å². The predicted octanol–water partition coefficient (Wildman–Crippen LogP) is 3.98. The second kappa shape index (κ2) is 3.29. The van der Waals surface area contributed by atoms with Gasteiger partial charge in [0, 0.05) is 5.88 Å². The molecule has 0 aromatic rings. The van der Waals surface area contributed by atoms with Crippen LogP contribution in [0.2, 0.25) is 0 Å².